The summed E-state index contributed by atoms with van der Waals surface area (Å²) in [6.45, 7) is 41.3. The van der Waals surface area contributed by atoms with Crippen molar-refractivity contribution in [1.82, 2.24) is 0 Å². The maximum atomic E-state index is 4.82. The maximum Gasteiger partial charge on any atom is 0 e. The van der Waals surface area contributed by atoms with Gasteiger partial charge in [0.25, 0.3) is 0 Å². The Morgan fingerprint density at radius 2 is 0.500 bits per heavy atom. The van der Waals surface area contributed by atoms with Crippen molar-refractivity contribution in [2.75, 3.05) is 37.0 Å². The van der Waals surface area contributed by atoms with E-state index in [1.54, 1.807) is 0 Å². The predicted octanol–water partition coefficient (Wildman–Crippen LogP) is 10.7. The van der Waals surface area contributed by atoms with Crippen LogP contribution < -0.4 is 0 Å². The second kappa shape index (κ2) is 25.9. The number of hydrogen-bond donors (Lipinski definition) is 0. The summed E-state index contributed by atoms with van der Waals surface area (Å²) in [5.74, 6) is 0. The van der Waals surface area contributed by atoms with Crippen molar-refractivity contribution in [3.05, 3.63) is 9.30 Å². The number of nitrogens with zero attached hydrogens (tertiary/aromatic N) is 2. The first-order valence-electron chi connectivity index (χ1n) is 13.0. The summed E-state index contributed by atoms with van der Waals surface area (Å²) in [7, 11) is -3.53. The van der Waals surface area contributed by atoms with E-state index in [-0.39, 0.29) is 34.1 Å². The molecule has 10 heteroatoms. The molecule has 0 aromatic heterocycles. The molecule has 0 aromatic rings. The van der Waals surface area contributed by atoms with Crippen LogP contribution in [0.1, 0.15) is 41.5 Å². The van der Waals surface area contributed by atoms with Gasteiger partial charge in [0.2, 0.25) is 0 Å². The summed E-state index contributed by atoms with van der Waals surface area (Å²) >= 11 is 0. The fraction of sp³-hybridized carbons (Fsp3) is 1.00. The Balaban J connectivity index is -0.0000000759. The summed E-state index contributed by atoms with van der Waals surface area (Å²) in [5, 5.41) is 0. The summed E-state index contributed by atoms with van der Waals surface area (Å²) in [6.07, 6.45) is 8.51. The van der Waals surface area contributed by atoms with Gasteiger partial charge < -0.3 is 9.30 Å². The largest absolute Gasteiger partial charge is 0.668 e. The van der Waals surface area contributed by atoms with Crippen molar-refractivity contribution in [2.45, 2.75) is 120 Å². The Hall–Kier alpha value is 2.68. The molecule has 34 heavy (non-hydrogen) atoms. The predicted molar refractivity (Wildman–Crippen MR) is 183 cm³/mol. The Morgan fingerprint density at radius 3 is 0.500 bits per heavy atom. The Morgan fingerprint density at radius 1 is 0.382 bits per heavy atom. The molecule has 0 amide bonds. The van der Waals surface area contributed by atoms with Crippen molar-refractivity contribution in [3.63, 3.8) is 0 Å². The molecule has 214 valence electrons. The van der Waals surface area contributed by atoms with Gasteiger partial charge >= 0.3 is 0 Å². The fourth-order valence-corrected chi connectivity index (χ4v) is 22.1. The van der Waals surface area contributed by atoms with Crippen molar-refractivity contribution >= 4 is 66.4 Å². The summed E-state index contributed by atoms with van der Waals surface area (Å²) in [4.78, 5) is 0. The fourth-order valence-electron chi connectivity index (χ4n) is 3.35. The monoisotopic (exact) mass is 688 g/mol. The van der Waals surface area contributed by atoms with Gasteiger partial charge in [0.05, 0.1) is 0 Å². The molecule has 0 unspecified atom stereocenters. The Bertz CT molecular complexity index is 331. The minimum atomic E-state index is -1.11. The van der Waals surface area contributed by atoms with E-state index in [0.717, 1.165) is 0 Å². The van der Waals surface area contributed by atoms with E-state index in [1.165, 1.54) is 37.0 Å². The second-order valence-corrected chi connectivity index (χ2v) is 37.8. The first kappa shape index (κ1) is 49.6. The number of rotatable bonds is 10. The SMILES string of the molecule is CCP(CC)CC.CCP(CC)CC.C[Si](C)(C)[N-][Si](C)(C)C.C[Si](C)(C)[N-][Si](C)(C)C.[Ge].[Ni]. The molecule has 0 saturated carbocycles. The molecule has 0 aliphatic heterocycles. The van der Waals surface area contributed by atoms with Gasteiger partial charge in [-0.2, -0.15) is 0 Å². The molecule has 0 spiro atoms. The van der Waals surface area contributed by atoms with Crippen LogP contribution in [0.25, 0.3) is 9.30 Å². The van der Waals surface area contributed by atoms with Gasteiger partial charge in [-0.1, -0.05) is 153 Å². The molecule has 4 radical (unpaired) electrons. The standard InChI is InChI=1S/2C6H18NSi2.2C6H15P.Ge.Ni/c2*1-8(2,3)7-9(4,5)6;2*1-4-7(5-2)6-3;;/h2*1-6H3;2*4-6H2,1-3H3;;/q2*-1;;;;. The van der Waals surface area contributed by atoms with Crippen LogP contribution in [0.4, 0.5) is 0 Å². The quantitative estimate of drug-likeness (QED) is 0.162. The van der Waals surface area contributed by atoms with Crippen LogP contribution in [-0.2, 0) is 16.5 Å². The van der Waals surface area contributed by atoms with E-state index < -0.39 is 32.9 Å². The first-order chi connectivity index (χ1) is 14.1. The summed E-state index contributed by atoms with van der Waals surface area (Å²) in [5.41, 5.74) is 0. The Kier molecular flexibility index (Phi) is 37.8. The molecule has 0 aromatic carbocycles. The minimum Gasteiger partial charge on any atom is -0.668 e. The van der Waals surface area contributed by atoms with Gasteiger partial charge in [0.15, 0.2) is 0 Å². The van der Waals surface area contributed by atoms with Crippen LogP contribution in [0.5, 0.6) is 0 Å². The van der Waals surface area contributed by atoms with Gasteiger partial charge in [-0.3, -0.25) is 0 Å². The third-order valence-electron chi connectivity index (χ3n) is 4.02. The molecule has 0 bridgehead atoms. The van der Waals surface area contributed by atoms with Gasteiger partial charge in [-0.15, -0.1) is 15.8 Å². The summed E-state index contributed by atoms with van der Waals surface area (Å²) < 4.78 is 9.64. The zero-order valence-electron chi connectivity index (χ0n) is 26.8. The smallest absolute Gasteiger partial charge is 0 e. The second-order valence-electron chi connectivity index (χ2n) is 12.1. The zero-order chi connectivity index (χ0) is 26.8. The molecular formula is C24H66GeN2NiP2Si4-2. The molecule has 0 saturated heterocycles. The Labute approximate surface area is 247 Å². The molecule has 0 aliphatic rings. The van der Waals surface area contributed by atoms with E-state index in [1.807, 2.05) is 0 Å². The maximum absolute atomic E-state index is 4.82. The van der Waals surface area contributed by atoms with Gasteiger partial charge in [0, 0.05) is 34.1 Å². The normalized spacial score (nSPS) is 11.6. The topological polar surface area (TPSA) is 28.2 Å². The van der Waals surface area contributed by atoms with E-state index >= 15 is 0 Å². The first-order valence-corrected chi connectivity index (χ1v) is 30.6. The third kappa shape index (κ3) is 55.3. The number of hydrogen-bond acceptors (Lipinski definition) is 0. The van der Waals surface area contributed by atoms with E-state index in [4.69, 9.17) is 9.30 Å². The van der Waals surface area contributed by atoms with Crippen LogP contribution in [0, 0.1) is 0 Å². The van der Waals surface area contributed by atoms with Crippen LogP contribution in [0.3, 0.4) is 0 Å². The third-order valence-corrected chi connectivity index (χ3v) is 20.1. The molecule has 0 fully saturated rings. The summed E-state index contributed by atoms with van der Waals surface area (Å²) in [6, 6.07) is 0. The van der Waals surface area contributed by atoms with Gasteiger partial charge in [-0.05, 0) is 37.0 Å². The molecular weight excluding hydrogens is 622 g/mol. The van der Waals surface area contributed by atoms with Crippen LogP contribution in [0.2, 0.25) is 78.6 Å². The van der Waals surface area contributed by atoms with Gasteiger partial charge in [-0.25, -0.2) is 0 Å². The van der Waals surface area contributed by atoms with Crippen molar-refractivity contribution in [3.8, 4) is 0 Å². The average Bonchev–Trinajstić information content (AvgIpc) is 2.53. The molecule has 0 N–H and O–H groups in total. The van der Waals surface area contributed by atoms with Crippen molar-refractivity contribution in [1.29, 1.82) is 0 Å². The van der Waals surface area contributed by atoms with Gasteiger partial charge in [0.1, 0.15) is 0 Å². The van der Waals surface area contributed by atoms with Crippen molar-refractivity contribution < 1.29 is 16.5 Å². The average molecular weight is 688 g/mol. The molecule has 0 heterocycles. The van der Waals surface area contributed by atoms with E-state index in [0.29, 0.717) is 15.8 Å². The van der Waals surface area contributed by atoms with E-state index in [2.05, 4.69) is 120 Å². The van der Waals surface area contributed by atoms with Crippen LogP contribution >= 0.6 is 15.8 Å². The minimum absolute atomic E-state index is 0. The van der Waals surface area contributed by atoms with E-state index in [9.17, 15) is 0 Å². The zero-order valence-corrected chi connectivity index (χ0v) is 35.7. The van der Waals surface area contributed by atoms with Crippen LogP contribution in [0.15, 0.2) is 0 Å². The molecule has 0 atom stereocenters. The molecule has 0 rings (SSSR count). The molecule has 2 nitrogen and oxygen atoms in total. The van der Waals surface area contributed by atoms with Crippen LogP contribution in [-0.4, -0.2) is 87.5 Å². The van der Waals surface area contributed by atoms with Crippen molar-refractivity contribution in [2.24, 2.45) is 0 Å². The molecule has 0 aliphatic carbocycles.